The van der Waals surface area contributed by atoms with Gasteiger partial charge in [-0.1, -0.05) is 0 Å². The van der Waals surface area contributed by atoms with E-state index in [9.17, 15) is 14.7 Å². The smallest absolute Gasteiger partial charge is 0.408 e. The van der Waals surface area contributed by atoms with E-state index in [0.29, 0.717) is 6.54 Å². The molecule has 0 spiro atoms. The van der Waals surface area contributed by atoms with Crippen LogP contribution in [0.1, 0.15) is 34.6 Å². The van der Waals surface area contributed by atoms with Crippen LogP contribution in [0.4, 0.5) is 4.79 Å². The summed E-state index contributed by atoms with van der Waals surface area (Å²) in [5.41, 5.74) is -0.644. The maximum atomic E-state index is 11.5. The molecule has 0 unspecified atom stereocenters. The second-order valence-electron chi connectivity index (χ2n) is 4.76. The monoisotopic (exact) mass is 246 g/mol. The highest BCUT2D eigenvalue weighted by atomic mass is 16.6. The number of likely N-dealkylation sites (N-methyl/N-ethyl adjacent to an activating group) is 1. The predicted octanol–water partition coefficient (Wildman–Crippen LogP) is 0.397. The molecule has 17 heavy (non-hydrogen) atoms. The van der Waals surface area contributed by atoms with Crippen molar-refractivity contribution in [2.45, 2.75) is 52.4 Å². The van der Waals surface area contributed by atoms with Gasteiger partial charge in [-0.05, 0) is 34.6 Å². The Balaban J connectivity index is 4.46. The van der Waals surface area contributed by atoms with E-state index in [2.05, 4.69) is 10.6 Å². The van der Waals surface area contributed by atoms with E-state index in [1.54, 1.807) is 27.7 Å². The summed E-state index contributed by atoms with van der Waals surface area (Å²) in [4.78, 5) is 23.0. The molecule has 0 aliphatic heterocycles. The molecule has 6 nitrogen and oxygen atoms in total. The van der Waals surface area contributed by atoms with Crippen molar-refractivity contribution in [3.63, 3.8) is 0 Å². The molecule has 0 saturated carbocycles. The van der Waals surface area contributed by atoms with Crippen LogP contribution in [-0.4, -0.2) is 41.4 Å². The number of nitrogens with one attached hydrogen (secondary N) is 2. The maximum Gasteiger partial charge on any atom is 0.408 e. The first-order valence-corrected chi connectivity index (χ1v) is 5.62. The molecular weight excluding hydrogens is 224 g/mol. The summed E-state index contributed by atoms with van der Waals surface area (Å²) in [6.45, 7) is 8.77. The van der Waals surface area contributed by atoms with Gasteiger partial charge in [-0.25, -0.2) is 4.79 Å². The second-order valence-corrected chi connectivity index (χ2v) is 4.76. The number of alkyl carbamates (subject to hydrolysis) is 1. The average Bonchev–Trinajstić information content (AvgIpc) is 2.11. The number of carbonyl (C=O) groups is 2. The number of hydrogen-bond acceptors (Lipinski definition) is 4. The SMILES string of the molecule is CCNC(=O)[C@@H](NC(=O)OC(C)(C)C)[C@@H](C)O. The third-order valence-corrected chi connectivity index (χ3v) is 1.79. The van der Waals surface area contributed by atoms with Crippen molar-refractivity contribution in [2.24, 2.45) is 0 Å². The molecule has 0 bridgehead atoms. The molecule has 2 amide bonds. The lowest BCUT2D eigenvalue weighted by Gasteiger charge is -2.24. The standard InChI is InChI=1S/C11H22N2O4/c1-6-12-9(15)8(7(2)14)13-10(16)17-11(3,4)5/h7-8,14H,6H2,1-5H3,(H,12,15)(H,13,16)/t7-,8+/m1/s1. The van der Waals surface area contributed by atoms with E-state index in [1.165, 1.54) is 6.92 Å². The number of carbonyl (C=O) groups excluding carboxylic acids is 2. The van der Waals surface area contributed by atoms with Crippen molar-refractivity contribution < 1.29 is 19.4 Å². The van der Waals surface area contributed by atoms with Crippen molar-refractivity contribution >= 4 is 12.0 Å². The average molecular weight is 246 g/mol. The summed E-state index contributed by atoms with van der Waals surface area (Å²) in [5, 5.41) is 14.3. The van der Waals surface area contributed by atoms with Crippen LogP contribution in [0.3, 0.4) is 0 Å². The molecule has 2 atom stereocenters. The quantitative estimate of drug-likeness (QED) is 0.670. The Morgan fingerprint density at radius 2 is 1.88 bits per heavy atom. The fourth-order valence-electron chi connectivity index (χ4n) is 1.12. The minimum absolute atomic E-state index is 0.429. The van der Waals surface area contributed by atoms with Gasteiger partial charge in [0.15, 0.2) is 0 Å². The Bertz CT molecular complexity index is 271. The fourth-order valence-corrected chi connectivity index (χ4v) is 1.12. The normalized spacial score (nSPS) is 14.7. The molecule has 0 aromatic heterocycles. The van der Waals surface area contributed by atoms with Crippen molar-refractivity contribution in [3.05, 3.63) is 0 Å². The summed E-state index contributed by atoms with van der Waals surface area (Å²) in [6.07, 6.45) is -1.72. The van der Waals surface area contributed by atoms with Gasteiger partial charge in [0, 0.05) is 6.54 Å². The van der Waals surface area contributed by atoms with E-state index in [4.69, 9.17) is 4.74 Å². The zero-order valence-corrected chi connectivity index (χ0v) is 11.0. The summed E-state index contributed by atoms with van der Waals surface area (Å²) in [7, 11) is 0. The van der Waals surface area contributed by atoms with Gasteiger partial charge in [0.2, 0.25) is 5.91 Å². The molecule has 0 heterocycles. The third-order valence-electron chi connectivity index (χ3n) is 1.79. The van der Waals surface area contributed by atoms with Gasteiger partial charge in [0.1, 0.15) is 11.6 Å². The van der Waals surface area contributed by atoms with E-state index in [1.807, 2.05) is 0 Å². The number of ether oxygens (including phenoxy) is 1. The molecule has 0 fully saturated rings. The van der Waals surface area contributed by atoms with Crippen LogP contribution in [0, 0.1) is 0 Å². The van der Waals surface area contributed by atoms with Crippen molar-refractivity contribution in [1.29, 1.82) is 0 Å². The number of aliphatic hydroxyl groups is 1. The highest BCUT2D eigenvalue weighted by Gasteiger charge is 2.27. The number of rotatable bonds is 4. The van der Waals surface area contributed by atoms with Gasteiger partial charge in [-0.2, -0.15) is 0 Å². The molecule has 0 aliphatic rings. The topological polar surface area (TPSA) is 87.7 Å². The summed E-state index contributed by atoms with van der Waals surface area (Å²) < 4.78 is 5.01. The largest absolute Gasteiger partial charge is 0.444 e. The maximum absolute atomic E-state index is 11.5. The van der Waals surface area contributed by atoms with Gasteiger partial charge in [-0.3, -0.25) is 4.79 Å². The third kappa shape index (κ3) is 6.78. The number of hydrogen-bond donors (Lipinski definition) is 3. The van der Waals surface area contributed by atoms with Crippen LogP contribution >= 0.6 is 0 Å². The van der Waals surface area contributed by atoms with Crippen molar-refractivity contribution in [1.82, 2.24) is 10.6 Å². The lowest BCUT2D eigenvalue weighted by molar-refractivity contribution is -0.125. The fraction of sp³-hybridized carbons (Fsp3) is 0.818. The van der Waals surface area contributed by atoms with E-state index >= 15 is 0 Å². The number of amides is 2. The summed E-state index contributed by atoms with van der Waals surface area (Å²) >= 11 is 0. The zero-order chi connectivity index (χ0) is 13.6. The molecule has 0 saturated heterocycles. The van der Waals surface area contributed by atoms with Gasteiger partial charge in [0.25, 0.3) is 0 Å². The molecule has 6 heteroatoms. The van der Waals surface area contributed by atoms with Gasteiger partial charge in [0.05, 0.1) is 6.10 Å². The predicted molar refractivity (Wildman–Crippen MR) is 63.5 cm³/mol. The molecular formula is C11H22N2O4. The lowest BCUT2D eigenvalue weighted by Crippen LogP contribution is -2.53. The number of aliphatic hydroxyl groups excluding tert-OH is 1. The van der Waals surface area contributed by atoms with Crippen LogP contribution in [0.2, 0.25) is 0 Å². The van der Waals surface area contributed by atoms with Gasteiger partial charge < -0.3 is 20.5 Å². The Hall–Kier alpha value is -1.30. The molecule has 100 valence electrons. The Labute approximate surface area is 102 Å². The Morgan fingerprint density at radius 3 is 2.24 bits per heavy atom. The van der Waals surface area contributed by atoms with Crippen LogP contribution in [0.25, 0.3) is 0 Å². The highest BCUT2D eigenvalue weighted by Crippen LogP contribution is 2.07. The Kier molecular flexibility index (Phi) is 5.95. The van der Waals surface area contributed by atoms with Crippen LogP contribution in [-0.2, 0) is 9.53 Å². The lowest BCUT2D eigenvalue weighted by atomic mass is 10.1. The first-order chi connectivity index (χ1) is 7.67. The van der Waals surface area contributed by atoms with E-state index in [-0.39, 0.29) is 0 Å². The van der Waals surface area contributed by atoms with Crippen LogP contribution in [0.5, 0.6) is 0 Å². The van der Waals surface area contributed by atoms with E-state index < -0.39 is 29.7 Å². The molecule has 3 N–H and O–H groups in total. The summed E-state index contributed by atoms with van der Waals surface area (Å²) in [5.74, 6) is -0.437. The first-order valence-electron chi connectivity index (χ1n) is 5.62. The minimum atomic E-state index is -1.01. The molecule has 0 aliphatic carbocycles. The van der Waals surface area contributed by atoms with E-state index in [0.717, 1.165) is 0 Å². The second kappa shape index (κ2) is 6.44. The highest BCUT2D eigenvalue weighted by molar-refractivity contribution is 5.86. The minimum Gasteiger partial charge on any atom is -0.444 e. The molecule has 0 aromatic rings. The zero-order valence-electron chi connectivity index (χ0n) is 11.0. The molecule has 0 radical (unpaired) electrons. The van der Waals surface area contributed by atoms with Crippen LogP contribution in [0.15, 0.2) is 0 Å². The van der Waals surface area contributed by atoms with Crippen molar-refractivity contribution in [3.8, 4) is 0 Å². The van der Waals surface area contributed by atoms with Crippen molar-refractivity contribution in [2.75, 3.05) is 6.54 Å². The Morgan fingerprint density at radius 1 is 1.35 bits per heavy atom. The molecule has 0 aromatic carbocycles. The molecule has 0 rings (SSSR count). The summed E-state index contributed by atoms with van der Waals surface area (Å²) in [6, 6.07) is -1.01. The van der Waals surface area contributed by atoms with Gasteiger partial charge in [-0.15, -0.1) is 0 Å². The van der Waals surface area contributed by atoms with Crippen LogP contribution < -0.4 is 10.6 Å². The first kappa shape index (κ1) is 15.7. The van der Waals surface area contributed by atoms with Gasteiger partial charge >= 0.3 is 6.09 Å².